The molecule has 0 aromatic heterocycles. The van der Waals surface area contributed by atoms with Crippen molar-refractivity contribution in [1.82, 2.24) is 4.90 Å². The number of rotatable bonds is 3. The monoisotopic (exact) mass is 279 g/mol. The molecule has 3 rings (SSSR count). The number of hydrogen-bond acceptors (Lipinski definition) is 1. The average molecular weight is 280 g/mol. The summed E-state index contributed by atoms with van der Waals surface area (Å²) in [4.78, 5) is 2.62. The van der Waals surface area contributed by atoms with Crippen LogP contribution >= 0.6 is 15.9 Å². The summed E-state index contributed by atoms with van der Waals surface area (Å²) in [6.07, 6.45) is 4.24. The van der Waals surface area contributed by atoms with Crippen molar-refractivity contribution in [2.75, 3.05) is 11.9 Å². The third-order valence-electron chi connectivity index (χ3n) is 4.16. The molecule has 1 nitrogen and oxygen atoms in total. The second kappa shape index (κ2) is 4.15. The molecule has 1 fully saturated rings. The van der Waals surface area contributed by atoms with Gasteiger partial charge in [0, 0.05) is 25.0 Å². The van der Waals surface area contributed by atoms with E-state index >= 15 is 0 Å². The van der Waals surface area contributed by atoms with Crippen LogP contribution in [0, 0.1) is 5.41 Å². The van der Waals surface area contributed by atoms with Gasteiger partial charge in [0.25, 0.3) is 0 Å². The highest BCUT2D eigenvalue weighted by Crippen LogP contribution is 2.44. The first-order valence-electron chi connectivity index (χ1n) is 6.16. The minimum atomic E-state index is 0.585. The van der Waals surface area contributed by atoms with E-state index in [-0.39, 0.29) is 0 Å². The lowest BCUT2D eigenvalue weighted by atomic mass is 9.70. The Hall–Kier alpha value is -0.340. The summed E-state index contributed by atoms with van der Waals surface area (Å²) in [7, 11) is 0. The number of hydrogen-bond donors (Lipinski definition) is 0. The van der Waals surface area contributed by atoms with Crippen LogP contribution in [0.3, 0.4) is 0 Å². The molecule has 1 aromatic carbocycles. The van der Waals surface area contributed by atoms with Crippen LogP contribution in [0.25, 0.3) is 0 Å². The molecule has 1 aromatic rings. The molecule has 0 amide bonds. The van der Waals surface area contributed by atoms with Gasteiger partial charge in [0.1, 0.15) is 0 Å². The van der Waals surface area contributed by atoms with Crippen molar-refractivity contribution in [3.63, 3.8) is 0 Å². The molecule has 16 heavy (non-hydrogen) atoms. The minimum Gasteiger partial charge on any atom is -0.294 e. The predicted molar refractivity (Wildman–Crippen MR) is 70.6 cm³/mol. The summed E-state index contributed by atoms with van der Waals surface area (Å²) in [5.41, 5.74) is 3.65. The van der Waals surface area contributed by atoms with Crippen LogP contribution in [0.15, 0.2) is 24.3 Å². The van der Waals surface area contributed by atoms with Crippen molar-refractivity contribution in [1.29, 1.82) is 0 Å². The number of alkyl halides is 1. The normalized spacial score (nSPS) is 22.8. The number of benzene rings is 1. The van der Waals surface area contributed by atoms with Gasteiger partial charge < -0.3 is 0 Å². The highest BCUT2D eigenvalue weighted by Gasteiger charge is 2.38. The third-order valence-corrected chi connectivity index (χ3v) is 5.35. The third kappa shape index (κ3) is 1.82. The van der Waals surface area contributed by atoms with Crippen LogP contribution in [-0.2, 0) is 13.1 Å². The van der Waals surface area contributed by atoms with Crippen LogP contribution in [0.2, 0.25) is 0 Å². The summed E-state index contributed by atoms with van der Waals surface area (Å²) in [5, 5.41) is 1.17. The van der Waals surface area contributed by atoms with Crippen molar-refractivity contribution < 1.29 is 0 Å². The molecule has 0 radical (unpaired) electrons. The lowest BCUT2D eigenvalue weighted by Gasteiger charge is -2.43. The van der Waals surface area contributed by atoms with Crippen molar-refractivity contribution in [2.24, 2.45) is 5.41 Å². The Morgan fingerprint density at radius 2 is 1.75 bits per heavy atom. The summed E-state index contributed by atoms with van der Waals surface area (Å²) in [6, 6.07) is 8.87. The average Bonchev–Trinajstić information content (AvgIpc) is 2.65. The molecule has 0 atom stereocenters. The van der Waals surface area contributed by atoms with Crippen molar-refractivity contribution in [3.8, 4) is 0 Å². The van der Waals surface area contributed by atoms with Crippen LogP contribution < -0.4 is 0 Å². The molecule has 86 valence electrons. The minimum absolute atomic E-state index is 0.585. The summed E-state index contributed by atoms with van der Waals surface area (Å²) >= 11 is 3.70. The molecule has 0 saturated heterocycles. The zero-order chi connectivity index (χ0) is 11.0. The van der Waals surface area contributed by atoms with Gasteiger partial charge in [0.2, 0.25) is 0 Å². The van der Waals surface area contributed by atoms with Crippen molar-refractivity contribution in [2.45, 2.75) is 32.4 Å². The molecule has 1 heterocycles. The fourth-order valence-electron chi connectivity index (χ4n) is 3.00. The number of nitrogens with zero attached hydrogens (tertiary/aromatic N) is 1. The van der Waals surface area contributed by atoms with E-state index < -0.39 is 0 Å². The first kappa shape index (κ1) is 10.8. The molecule has 0 spiro atoms. The van der Waals surface area contributed by atoms with Gasteiger partial charge in [-0.05, 0) is 29.4 Å². The van der Waals surface area contributed by atoms with Crippen molar-refractivity contribution >= 4 is 15.9 Å². The van der Waals surface area contributed by atoms with Gasteiger partial charge in [-0.25, -0.2) is 0 Å². The van der Waals surface area contributed by atoms with E-state index in [4.69, 9.17) is 0 Å². The highest BCUT2D eigenvalue weighted by molar-refractivity contribution is 9.09. The van der Waals surface area contributed by atoms with E-state index in [1.807, 2.05) is 0 Å². The van der Waals surface area contributed by atoms with Gasteiger partial charge >= 0.3 is 0 Å². The zero-order valence-electron chi connectivity index (χ0n) is 9.58. The summed E-state index contributed by atoms with van der Waals surface area (Å²) in [5.74, 6) is 0. The Labute approximate surface area is 106 Å². The maximum Gasteiger partial charge on any atom is 0.0240 e. The van der Waals surface area contributed by atoms with E-state index in [9.17, 15) is 0 Å². The van der Waals surface area contributed by atoms with E-state index in [0.29, 0.717) is 5.41 Å². The quantitative estimate of drug-likeness (QED) is 0.765. The topological polar surface area (TPSA) is 3.24 Å². The lowest BCUT2D eigenvalue weighted by Crippen LogP contribution is -2.41. The van der Waals surface area contributed by atoms with Crippen LogP contribution in [0.4, 0.5) is 0 Å². The molecule has 1 aliphatic heterocycles. The fraction of sp³-hybridized carbons (Fsp3) is 0.571. The Balaban J connectivity index is 1.68. The molecule has 0 bridgehead atoms. The van der Waals surface area contributed by atoms with Gasteiger partial charge in [-0.1, -0.05) is 46.6 Å². The first-order valence-corrected chi connectivity index (χ1v) is 7.29. The number of halogens is 1. The standard InChI is InChI=1S/C14H18BrN/c15-10-14(6-3-7-14)11-16-8-12-4-1-2-5-13(12)9-16/h1-2,4-5H,3,6-11H2. The van der Waals surface area contributed by atoms with Crippen molar-refractivity contribution in [3.05, 3.63) is 35.4 Å². The Bertz CT molecular complexity index is 354. The molecule has 1 saturated carbocycles. The first-order chi connectivity index (χ1) is 7.81. The predicted octanol–water partition coefficient (Wildman–Crippen LogP) is 3.57. The van der Waals surface area contributed by atoms with E-state index in [0.717, 1.165) is 13.1 Å². The van der Waals surface area contributed by atoms with Gasteiger partial charge in [0.05, 0.1) is 0 Å². The largest absolute Gasteiger partial charge is 0.294 e. The van der Waals surface area contributed by atoms with Gasteiger partial charge in [0.15, 0.2) is 0 Å². The molecule has 2 heteroatoms. The Morgan fingerprint density at radius 1 is 1.12 bits per heavy atom. The van der Waals surface area contributed by atoms with E-state index in [1.165, 1.54) is 42.3 Å². The maximum absolute atomic E-state index is 3.70. The zero-order valence-corrected chi connectivity index (χ0v) is 11.2. The second-order valence-corrected chi connectivity index (χ2v) is 5.96. The fourth-order valence-corrected chi connectivity index (χ4v) is 3.74. The second-order valence-electron chi connectivity index (χ2n) is 5.40. The van der Waals surface area contributed by atoms with Gasteiger partial charge in [-0.15, -0.1) is 0 Å². The molecular weight excluding hydrogens is 262 g/mol. The Kier molecular flexibility index (Phi) is 2.80. The summed E-state index contributed by atoms with van der Waals surface area (Å²) in [6.45, 7) is 3.59. The van der Waals surface area contributed by atoms with E-state index in [1.54, 1.807) is 0 Å². The van der Waals surface area contributed by atoms with Crippen LogP contribution in [0.1, 0.15) is 30.4 Å². The Morgan fingerprint density at radius 3 is 2.19 bits per heavy atom. The number of fused-ring (bicyclic) bond motifs is 1. The lowest BCUT2D eigenvalue weighted by molar-refractivity contribution is 0.0899. The van der Waals surface area contributed by atoms with Gasteiger partial charge in [-0.3, -0.25) is 4.90 Å². The van der Waals surface area contributed by atoms with Crippen LogP contribution in [-0.4, -0.2) is 16.8 Å². The van der Waals surface area contributed by atoms with Crippen LogP contribution in [0.5, 0.6) is 0 Å². The molecule has 0 N–H and O–H groups in total. The highest BCUT2D eigenvalue weighted by atomic mass is 79.9. The summed E-state index contributed by atoms with van der Waals surface area (Å²) < 4.78 is 0. The van der Waals surface area contributed by atoms with E-state index in [2.05, 4.69) is 45.1 Å². The molecule has 0 unspecified atom stereocenters. The van der Waals surface area contributed by atoms with Gasteiger partial charge in [-0.2, -0.15) is 0 Å². The molecule has 1 aliphatic carbocycles. The maximum atomic E-state index is 3.70. The molecular formula is C14H18BrN. The molecule has 2 aliphatic rings. The smallest absolute Gasteiger partial charge is 0.0240 e. The SMILES string of the molecule is BrCC1(CN2Cc3ccccc3C2)CCC1.